The summed E-state index contributed by atoms with van der Waals surface area (Å²) in [6.07, 6.45) is 0.912. The van der Waals surface area contributed by atoms with E-state index in [-0.39, 0.29) is 17.9 Å². The molecule has 5 rings (SSSR count). The van der Waals surface area contributed by atoms with Gasteiger partial charge in [0.2, 0.25) is 5.91 Å². The lowest BCUT2D eigenvalue weighted by Gasteiger charge is -2.30. The van der Waals surface area contributed by atoms with Crippen LogP contribution in [0.5, 0.6) is 0 Å². The van der Waals surface area contributed by atoms with Crippen LogP contribution >= 0.6 is 46.4 Å². The molecule has 0 unspecified atom stereocenters. The second-order valence-electron chi connectivity index (χ2n) is 7.40. The van der Waals surface area contributed by atoms with Gasteiger partial charge in [-0.1, -0.05) is 52.5 Å². The number of nitrogens with zero attached hydrogens (tertiary/aromatic N) is 3. The molecule has 3 atom stereocenters. The van der Waals surface area contributed by atoms with Crippen LogP contribution in [0.25, 0.3) is 0 Å². The Hall–Kier alpha value is -1.34. The standard InChI is InChI=1S/C20H15Cl4N3O2/c21-10-2-3-14(15(24)9-10)17-16-18(26-5-1-4-25(17)26)20(29)27(19(16)28)13-7-11(22)6-12(23)8-13/h2-3,6-9,16-18H,1,4-5H2/t16-,17+,18+/m0/s1. The number of hydrogen-bond donors (Lipinski definition) is 0. The Kier molecular flexibility index (Phi) is 4.81. The average molecular weight is 471 g/mol. The summed E-state index contributed by atoms with van der Waals surface area (Å²) >= 11 is 24.8. The molecule has 3 heterocycles. The number of anilines is 1. The molecule has 150 valence electrons. The third-order valence-corrected chi connectivity index (χ3v) is 6.79. The van der Waals surface area contributed by atoms with Crippen molar-refractivity contribution in [3.8, 4) is 0 Å². The molecule has 0 aromatic heterocycles. The van der Waals surface area contributed by atoms with Gasteiger partial charge in [-0.2, -0.15) is 0 Å². The van der Waals surface area contributed by atoms with Crippen LogP contribution < -0.4 is 4.90 Å². The van der Waals surface area contributed by atoms with Gasteiger partial charge in [-0.3, -0.25) is 9.59 Å². The third-order valence-electron chi connectivity index (χ3n) is 5.79. The number of benzene rings is 2. The average Bonchev–Trinajstić information content (AvgIpc) is 3.27. The van der Waals surface area contributed by atoms with E-state index in [4.69, 9.17) is 46.4 Å². The highest BCUT2D eigenvalue weighted by Crippen LogP contribution is 2.50. The number of carbonyl (C=O) groups is 2. The van der Waals surface area contributed by atoms with Crippen LogP contribution in [0.2, 0.25) is 20.1 Å². The van der Waals surface area contributed by atoms with E-state index in [2.05, 4.69) is 5.01 Å². The fraction of sp³-hybridized carbons (Fsp3) is 0.300. The zero-order valence-electron chi connectivity index (χ0n) is 15.0. The number of carbonyl (C=O) groups excluding carboxylic acids is 2. The highest BCUT2D eigenvalue weighted by Gasteiger charge is 2.63. The summed E-state index contributed by atoms with van der Waals surface area (Å²) in [6, 6.07) is 9.09. The molecule has 0 N–H and O–H groups in total. The van der Waals surface area contributed by atoms with Crippen molar-refractivity contribution < 1.29 is 9.59 Å². The van der Waals surface area contributed by atoms with E-state index in [0.29, 0.717) is 32.3 Å². The summed E-state index contributed by atoms with van der Waals surface area (Å²) in [5.74, 6) is -1.11. The zero-order valence-corrected chi connectivity index (χ0v) is 18.0. The maximum absolute atomic E-state index is 13.5. The van der Waals surface area contributed by atoms with Crippen molar-refractivity contribution in [2.45, 2.75) is 18.5 Å². The van der Waals surface area contributed by atoms with Gasteiger partial charge in [0.1, 0.15) is 6.04 Å². The molecule has 9 heteroatoms. The van der Waals surface area contributed by atoms with Crippen LogP contribution in [-0.4, -0.2) is 41.0 Å². The van der Waals surface area contributed by atoms with Crippen LogP contribution in [0.4, 0.5) is 5.69 Å². The molecule has 5 nitrogen and oxygen atoms in total. The van der Waals surface area contributed by atoms with Gasteiger partial charge in [0.05, 0.1) is 17.6 Å². The second-order valence-corrected chi connectivity index (χ2v) is 9.12. The predicted octanol–water partition coefficient (Wildman–Crippen LogP) is 4.84. The molecule has 2 aromatic rings. The Bertz CT molecular complexity index is 1030. The van der Waals surface area contributed by atoms with E-state index in [9.17, 15) is 9.59 Å². The number of rotatable bonds is 2. The van der Waals surface area contributed by atoms with E-state index in [0.717, 1.165) is 18.5 Å². The van der Waals surface area contributed by atoms with E-state index in [1.54, 1.807) is 30.3 Å². The van der Waals surface area contributed by atoms with E-state index in [1.807, 2.05) is 11.1 Å². The van der Waals surface area contributed by atoms with E-state index >= 15 is 0 Å². The van der Waals surface area contributed by atoms with Gasteiger partial charge in [-0.25, -0.2) is 14.9 Å². The van der Waals surface area contributed by atoms with E-state index < -0.39 is 12.0 Å². The third kappa shape index (κ3) is 2.99. The molecule has 0 saturated carbocycles. The summed E-state index contributed by atoms with van der Waals surface area (Å²) in [5.41, 5.74) is 1.18. The van der Waals surface area contributed by atoms with Gasteiger partial charge in [-0.05, 0) is 42.3 Å². The summed E-state index contributed by atoms with van der Waals surface area (Å²) in [5, 5.41) is 5.85. The molecule has 3 fully saturated rings. The molecule has 3 aliphatic heterocycles. The number of hydrazine groups is 1. The summed E-state index contributed by atoms with van der Waals surface area (Å²) in [7, 11) is 0. The Morgan fingerprint density at radius 2 is 1.41 bits per heavy atom. The zero-order chi connectivity index (χ0) is 20.4. The molecule has 3 aliphatic rings. The van der Waals surface area contributed by atoms with Gasteiger partial charge < -0.3 is 0 Å². The predicted molar refractivity (Wildman–Crippen MR) is 113 cm³/mol. The Morgan fingerprint density at radius 3 is 2.07 bits per heavy atom. The Morgan fingerprint density at radius 1 is 0.759 bits per heavy atom. The number of hydrogen-bond acceptors (Lipinski definition) is 4. The minimum atomic E-state index is -0.570. The highest BCUT2D eigenvalue weighted by molar-refractivity contribution is 6.36. The topological polar surface area (TPSA) is 43.9 Å². The molecular formula is C20H15Cl4N3O2. The van der Waals surface area contributed by atoms with Crippen molar-refractivity contribution in [3.63, 3.8) is 0 Å². The van der Waals surface area contributed by atoms with Crippen LogP contribution in [0.3, 0.4) is 0 Å². The van der Waals surface area contributed by atoms with Crippen molar-refractivity contribution in [2.75, 3.05) is 18.0 Å². The number of amides is 2. The Balaban J connectivity index is 1.61. The van der Waals surface area contributed by atoms with Crippen molar-refractivity contribution in [1.29, 1.82) is 0 Å². The molecule has 29 heavy (non-hydrogen) atoms. The van der Waals surface area contributed by atoms with Crippen molar-refractivity contribution in [1.82, 2.24) is 10.0 Å². The number of fused-ring (bicyclic) bond motifs is 3. The summed E-state index contributed by atoms with van der Waals surface area (Å²) in [4.78, 5) is 28.1. The molecule has 2 aromatic carbocycles. The van der Waals surface area contributed by atoms with Gasteiger partial charge in [0, 0.05) is 33.2 Å². The maximum Gasteiger partial charge on any atom is 0.253 e. The van der Waals surface area contributed by atoms with Crippen molar-refractivity contribution in [2.24, 2.45) is 5.92 Å². The number of halogens is 4. The molecule has 0 aliphatic carbocycles. The Labute approximate surface area is 187 Å². The molecule has 0 bridgehead atoms. The molecule has 0 spiro atoms. The monoisotopic (exact) mass is 469 g/mol. The normalized spacial score (nSPS) is 27.0. The van der Waals surface area contributed by atoms with Crippen LogP contribution in [0.15, 0.2) is 36.4 Å². The van der Waals surface area contributed by atoms with Crippen LogP contribution in [0.1, 0.15) is 18.0 Å². The quantitative estimate of drug-likeness (QED) is 0.589. The minimum Gasteiger partial charge on any atom is -0.274 e. The fourth-order valence-electron chi connectivity index (χ4n) is 4.75. The first-order valence-electron chi connectivity index (χ1n) is 9.19. The fourth-order valence-corrected chi connectivity index (χ4v) is 5.79. The lowest BCUT2D eigenvalue weighted by molar-refractivity contribution is -0.126. The first kappa shape index (κ1) is 19.6. The van der Waals surface area contributed by atoms with Crippen molar-refractivity contribution in [3.05, 3.63) is 62.1 Å². The maximum atomic E-state index is 13.5. The largest absolute Gasteiger partial charge is 0.274 e. The number of imide groups is 1. The minimum absolute atomic E-state index is 0.266. The van der Waals surface area contributed by atoms with Gasteiger partial charge in [-0.15, -0.1) is 0 Å². The smallest absolute Gasteiger partial charge is 0.253 e. The first-order valence-corrected chi connectivity index (χ1v) is 10.7. The van der Waals surface area contributed by atoms with Crippen LogP contribution in [-0.2, 0) is 9.59 Å². The van der Waals surface area contributed by atoms with E-state index in [1.165, 1.54) is 4.90 Å². The van der Waals surface area contributed by atoms with Gasteiger partial charge in [0.15, 0.2) is 0 Å². The molecule has 0 radical (unpaired) electrons. The van der Waals surface area contributed by atoms with Gasteiger partial charge >= 0.3 is 0 Å². The second kappa shape index (κ2) is 7.12. The molecule has 2 amide bonds. The summed E-state index contributed by atoms with van der Waals surface area (Å²) < 4.78 is 0. The summed E-state index contributed by atoms with van der Waals surface area (Å²) in [6.45, 7) is 1.48. The first-order chi connectivity index (χ1) is 13.9. The molecular weight excluding hydrogens is 456 g/mol. The SMILES string of the molecule is O=C1[C@H]2[C@@H](c3ccc(Cl)cc3Cl)N3CCCN3[C@H]2C(=O)N1c1cc(Cl)cc(Cl)c1. The van der Waals surface area contributed by atoms with Gasteiger partial charge in [0.25, 0.3) is 5.91 Å². The molecule has 3 saturated heterocycles. The highest BCUT2D eigenvalue weighted by atomic mass is 35.5. The lowest BCUT2D eigenvalue weighted by atomic mass is 9.90. The van der Waals surface area contributed by atoms with Crippen LogP contribution in [0, 0.1) is 5.92 Å². The van der Waals surface area contributed by atoms with Crippen molar-refractivity contribution >= 4 is 63.9 Å². The lowest BCUT2D eigenvalue weighted by Crippen LogP contribution is -2.44.